The van der Waals surface area contributed by atoms with E-state index in [0.29, 0.717) is 12.5 Å². The molecule has 2 rings (SSSR count). The Morgan fingerprint density at radius 3 is 3.06 bits per heavy atom. The van der Waals surface area contributed by atoms with E-state index < -0.39 is 11.8 Å². The van der Waals surface area contributed by atoms with Crippen molar-refractivity contribution in [1.82, 2.24) is 5.32 Å². The molecule has 5 heteroatoms. The average Bonchev–Trinajstić information content (AvgIpc) is 2.62. The fourth-order valence-electron chi connectivity index (χ4n) is 2.47. The number of hydrogen-bond donors (Lipinski definition) is 2. The number of hydrogen-bond acceptors (Lipinski definition) is 4. The average molecular weight is 229 g/mol. The highest BCUT2D eigenvalue weighted by Gasteiger charge is 2.44. The summed E-state index contributed by atoms with van der Waals surface area (Å²) in [6.45, 7) is 4.24. The molecule has 0 aromatic heterocycles. The molecule has 0 spiro atoms. The zero-order valence-corrected chi connectivity index (χ0v) is 9.57. The van der Waals surface area contributed by atoms with Crippen LogP contribution in [0.15, 0.2) is 0 Å². The fraction of sp³-hybridized carbons (Fsp3) is 0.909. The van der Waals surface area contributed by atoms with Gasteiger partial charge in [-0.05, 0) is 26.3 Å². The zero-order chi connectivity index (χ0) is 11.6. The molecule has 2 saturated heterocycles. The SMILES string of the molecule is CC1(C2CCCNC2)OCC(CC(=O)O)O1. The van der Waals surface area contributed by atoms with Crippen LogP contribution in [-0.2, 0) is 14.3 Å². The van der Waals surface area contributed by atoms with Crippen LogP contribution in [0.5, 0.6) is 0 Å². The first-order chi connectivity index (χ1) is 7.60. The Morgan fingerprint density at radius 2 is 2.44 bits per heavy atom. The highest BCUT2D eigenvalue weighted by Crippen LogP contribution is 2.35. The molecular weight excluding hydrogens is 210 g/mol. The number of ether oxygens (including phenoxy) is 2. The number of nitrogens with one attached hydrogen (secondary N) is 1. The summed E-state index contributed by atoms with van der Waals surface area (Å²) in [5, 5.41) is 12.0. The van der Waals surface area contributed by atoms with Gasteiger partial charge in [-0.1, -0.05) is 0 Å². The van der Waals surface area contributed by atoms with Crippen molar-refractivity contribution in [2.45, 2.75) is 38.1 Å². The molecule has 0 aromatic rings. The summed E-state index contributed by atoms with van der Waals surface area (Å²) in [4.78, 5) is 10.6. The minimum absolute atomic E-state index is 0.0236. The van der Waals surface area contributed by atoms with E-state index in [9.17, 15) is 4.79 Å². The number of carboxylic acids is 1. The summed E-state index contributed by atoms with van der Waals surface area (Å²) < 4.78 is 11.4. The maximum Gasteiger partial charge on any atom is 0.306 e. The van der Waals surface area contributed by atoms with Crippen molar-refractivity contribution in [3.8, 4) is 0 Å². The number of piperidine rings is 1. The van der Waals surface area contributed by atoms with Gasteiger partial charge in [0.15, 0.2) is 5.79 Å². The summed E-state index contributed by atoms with van der Waals surface area (Å²) in [7, 11) is 0. The van der Waals surface area contributed by atoms with Crippen molar-refractivity contribution >= 4 is 5.97 Å². The predicted molar refractivity (Wildman–Crippen MR) is 57.1 cm³/mol. The second kappa shape index (κ2) is 4.69. The van der Waals surface area contributed by atoms with Gasteiger partial charge < -0.3 is 19.9 Å². The molecule has 3 atom stereocenters. The lowest BCUT2D eigenvalue weighted by Gasteiger charge is -2.35. The van der Waals surface area contributed by atoms with Crippen molar-refractivity contribution in [2.75, 3.05) is 19.7 Å². The largest absolute Gasteiger partial charge is 0.481 e. The molecule has 2 heterocycles. The zero-order valence-electron chi connectivity index (χ0n) is 9.57. The lowest BCUT2D eigenvalue weighted by molar-refractivity contribution is -0.195. The van der Waals surface area contributed by atoms with Crippen LogP contribution in [-0.4, -0.2) is 42.7 Å². The topological polar surface area (TPSA) is 67.8 Å². The van der Waals surface area contributed by atoms with E-state index in [1.54, 1.807) is 0 Å². The first-order valence-corrected chi connectivity index (χ1v) is 5.84. The monoisotopic (exact) mass is 229 g/mol. The van der Waals surface area contributed by atoms with Gasteiger partial charge in [-0.25, -0.2) is 0 Å². The van der Waals surface area contributed by atoms with E-state index >= 15 is 0 Å². The van der Waals surface area contributed by atoms with E-state index in [1.165, 1.54) is 0 Å². The first-order valence-electron chi connectivity index (χ1n) is 5.84. The quantitative estimate of drug-likeness (QED) is 0.741. The highest BCUT2D eigenvalue weighted by molar-refractivity contribution is 5.67. The van der Waals surface area contributed by atoms with E-state index in [-0.39, 0.29) is 12.5 Å². The Kier molecular flexibility index (Phi) is 3.47. The molecule has 0 saturated carbocycles. The lowest BCUT2D eigenvalue weighted by Crippen LogP contribution is -2.45. The van der Waals surface area contributed by atoms with Gasteiger partial charge in [0.05, 0.1) is 19.1 Å². The molecule has 0 bridgehead atoms. The normalized spacial score (nSPS) is 39.8. The fourth-order valence-corrected chi connectivity index (χ4v) is 2.47. The van der Waals surface area contributed by atoms with Gasteiger partial charge in [0.1, 0.15) is 0 Å². The van der Waals surface area contributed by atoms with Crippen LogP contribution >= 0.6 is 0 Å². The van der Waals surface area contributed by atoms with Crippen LogP contribution < -0.4 is 5.32 Å². The number of aliphatic carboxylic acids is 1. The van der Waals surface area contributed by atoms with Gasteiger partial charge >= 0.3 is 5.97 Å². The molecule has 2 aliphatic heterocycles. The molecule has 2 N–H and O–H groups in total. The Morgan fingerprint density at radius 1 is 1.62 bits per heavy atom. The van der Waals surface area contributed by atoms with Crippen LogP contribution in [0.1, 0.15) is 26.2 Å². The third kappa shape index (κ3) is 2.53. The summed E-state index contributed by atoms with van der Waals surface area (Å²) >= 11 is 0. The molecule has 3 unspecified atom stereocenters. The van der Waals surface area contributed by atoms with E-state index in [1.807, 2.05) is 6.92 Å². The smallest absolute Gasteiger partial charge is 0.306 e. The van der Waals surface area contributed by atoms with E-state index in [0.717, 1.165) is 25.9 Å². The third-order valence-corrected chi connectivity index (χ3v) is 3.40. The van der Waals surface area contributed by atoms with Crippen LogP contribution in [0.3, 0.4) is 0 Å². The second-order valence-corrected chi connectivity index (χ2v) is 4.71. The van der Waals surface area contributed by atoms with Gasteiger partial charge in [-0.3, -0.25) is 4.79 Å². The summed E-state index contributed by atoms with van der Waals surface area (Å²) in [5.41, 5.74) is 0. The second-order valence-electron chi connectivity index (χ2n) is 4.71. The molecule has 92 valence electrons. The Bertz CT molecular complexity index is 265. The molecule has 0 aliphatic carbocycles. The Labute approximate surface area is 95.1 Å². The van der Waals surface area contributed by atoms with Crippen LogP contribution in [0.25, 0.3) is 0 Å². The summed E-state index contributed by atoms with van der Waals surface area (Å²) in [6, 6.07) is 0. The lowest BCUT2D eigenvalue weighted by atomic mass is 9.92. The van der Waals surface area contributed by atoms with Gasteiger partial charge in [0, 0.05) is 12.5 Å². The van der Waals surface area contributed by atoms with Gasteiger partial charge in [-0.2, -0.15) is 0 Å². The highest BCUT2D eigenvalue weighted by atomic mass is 16.7. The molecule has 2 aliphatic rings. The molecule has 0 amide bonds. The van der Waals surface area contributed by atoms with Crippen molar-refractivity contribution in [2.24, 2.45) is 5.92 Å². The van der Waals surface area contributed by atoms with Gasteiger partial charge in [0.2, 0.25) is 0 Å². The Hall–Kier alpha value is -0.650. The third-order valence-electron chi connectivity index (χ3n) is 3.40. The van der Waals surface area contributed by atoms with Crippen molar-refractivity contribution in [3.63, 3.8) is 0 Å². The van der Waals surface area contributed by atoms with Crippen LogP contribution in [0.2, 0.25) is 0 Å². The standard InChI is InChI=1S/C11H19NO4/c1-11(8-3-2-4-12-6-8)15-7-9(16-11)5-10(13)14/h8-9,12H,2-7H2,1H3,(H,13,14). The number of carbonyl (C=O) groups is 1. The maximum atomic E-state index is 10.6. The van der Waals surface area contributed by atoms with Crippen molar-refractivity contribution in [1.29, 1.82) is 0 Å². The molecule has 0 radical (unpaired) electrons. The maximum absolute atomic E-state index is 10.6. The predicted octanol–water partition coefficient (Wildman–Crippen LogP) is 0.592. The molecule has 0 aromatic carbocycles. The van der Waals surface area contributed by atoms with Crippen molar-refractivity contribution in [3.05, 3.63) is 0 Å². The first kappa shape index (κ1) is 11.8. The molecular formula is C11H19NO4. The summed E-state index contributed by atoms with van der Waals surface area (Å²) in [5.74, 6) is -1.12. The minimum atomic E-state index is -0.834. The van der Waals surface area contributed by atoms with Crippen LogP contribution in [0.4, 0.5) is 0 Å². The number of carboxylic acid groups (broad SMARTS) is 1. The molecule has 2 fully saturated rings. The van der Waals surface area contributed by atoms with Gasteiger partial charge in [-0.15, -0.1) is 0 Å². The molecule has 16 heavy (non-hydrogen) atoms. The van der Waals surface area contributed by atoms with E-state index in [4.69, 9.17) is 14.6 Å². The van der Waals surface area contributed by atoms with Crippen molar-refractivity contribution < 1.29 is 19.4 Å². The summed E-state index contributed by atoms with van der Waals surface area (Å²) in [6.07, 6.45) is 1.92. The van der Waals surface area contributed by atoms with Gasteiger partial charge in [0.25, 0.3) is 0 Å². The van der Waals surface area contributed by atoms with Crippen LogP contribution in [0, 0.1) is 5.92 Å². The molecule has 5 nitrogen and oxygen atoms in total. The van der Waals surface area contributed by atoms with E-state index in [2.05, 4.69) is 5.32 Å². The number of rotatable bonds is 3. The Balaban J connectivity index is 1.91. The minimum Gasteiger partial charge on any atom is -0.481 e.